The smallest absolute Gasteiger partial charge is 0.201 e. The Labute approximate surface area is 240 Å². The van der Waals surface area contributed by atoms with Gasteiger partial charge >= 0.3 is 0 Å². The van der Waals surface area contributed by atoms with Gasteiger partial charge in [0.25, 0.3) is 0 Å². The molecule has 2 aromatic rings. The van der Waals surface area contributed by atoms with E-state index < -0.39 is 0 Å². The molecule has 2 aromatic carbocycles. The van der Waals surface area contributed by atoms with E-state index in [2.05, 4.69) is 117 Å². The van der Waals surface area contributed by atoms with Crippen molar-refractivity contribution in [3.05, 3.63) is 66.0 Å². The molecule has 0 amide bonds. The average Bonchev–Trinajstić information content (AvgIpc) is 2.97. The molecule has 1 heterocycles. The van der Waals surface area contributed by atoms with Crippen molar-refractivity contribution in [1.29, 1.82) is 0 Å². The molecule has 0 spiro atoms. The summed E-state index contributed by atoms with van der Waals surface area (Å²) >= 11 is 1.93. The first kappa shape index (κ1) is 29.1. The predicted molar refractivity (Wildman–Crippen MR) is 176 cm³/mol. The molecule has 39 heavy (non-hydrogen) atoms. The summed E-state index contributed by atoms with van der Waals surface area (Å²) in [4.78, 5) is 6.38. The second-order valence-electron chi connectivity index (χ2n) is 10.4. The number of rotatable bonds is 13. The van der Waals surface area contributed by atoms with Gasteiger partial charge in [0.05, 0.1) is 0 Å². The lowest BCUT2D eigenvalue weighted by Crippen LogP contribution is -2.29. The highest BCUT2D eigenvalue weighted by Gasteiger charge is 2.18. The molecule has 0 aromatic heterocycles. The zero-order chi connectivity index (χ0) is 27.8. The third-order valence-corrected chi connectivity index (χ3v) is 9.15. The predicted octanol–water partition coefficient (Wildman–Crippen LogP) is 8.74. The van der Waals surface area contributed by atoms with Crippen LogP contribution in [0, 0.1) is 0 Å². The van der Waals surface area contributed by atoms with E-state index in [0.29, 0.717) is 0 Å². The van der Waals surface area contributed by atoms with Gasteiger partial charge in [-0.15, -0.1) is 11.3 Å². The SMILES string of the molecule is CCCCN(CCCC)c1ccc(-c2c3ccc(=[N+](CC)CC)cc-3sc3cc(N(CC)CC)ccc23)cc1. The lowest BCUT2D eigenvalue weighted by molar-refractivity contribution is 0.626. The summed E-state index contributed by atoms with van der Waals surface area (Å²) in [6.07, 6.45) is 4.94. The Hall–Kier alpha value is -2.85. The van der Waals surface area contributed by atoms with Gasteiger partial charge in [-0.25, -0.2) is 4.58 Å². The van der Waals surface area contributed by atoms with Crippen LogP contribution >= 0.6 is 11.3 Å². The first-order valence-electron chi connectivity index (χ1n) is 15.3. The highest BCUT2D eigenvalue weighted by Crippen LogP contribution is 2.44. The van der Waals surface area contributed by atoms with Crippen LogP contribution in [0.5, 0.6) is 0 Å². The fourth-order valence-electron chi connectivity index (χ4n) is 5.66. The van der Waals surface area contributed by atoms with Crippen molar-refractivity contribution < 1.29 is 0 Å². The summed E-state index contributed by atoms with van der Waals surface area (Å²) in [5.74, 6) is 0. The average molecular weight is 543 g/mol. The molecule has 0 N–H and O–H groups in total. The van der Waals surface area contributed by atoms with Crippen LogP contribution < -0.4 is 19.7 Å². The second-order valence-corrected chi connectivity index (χ2v) is 11.5. The molecular weight excluding hydrogens is 494 g/mol. The van der Waals surface area contributed by atoms with Crippen molar-refractivity contribution in [2.45, 2.75) is 67.2 Å². The van der Waals surface area contributed by atoms with E-state index in [1.165, 1.54) is 74.1 Å². The maximum atomic E-state index is 2.58. The van der Waals surface area contributed by atoms with E-state index >= 15 is 0 Å². The quantitative estimate of drug-likeness (QED) is 0.123. The topological polar surface area (TPSA) is 9.49 Å². The molecule has 0 atom stereocenters. The molecule has 0 bridgehead atoms. The van der Waals surface area contributed by atoms with E-state index in [4.69, 9.17) is 0 Å². The molecular formula is C35H48N3S+. The van der Waals surface area contributed by atoms with Crippen LogP contribution in [-0.2, 0) is 0 Å². The fourth-order valence-corrected chi connectivity index (χ4v) is 6.81. The Morgan fingerprint density at radius 2 is 1.31 bits per heavy atom. The van der Waals surface area contributed by atoms with Gasteiger partial charge in [0, 0.05) is 70.2 Å². The van der Waals surface area contributed by atoms with Gasteiger partial charge in [0.15, 0.2) is 0 Å². The minimum absolute atomic E-state index is 1.02. The van der Waals surface area contributed by atoms with E-state index in [-0.39, 0.29) is 0 Å². The third-order valence-electron chi connectivity index (χ3n) is 8.03. The lowest BCUT2D eigenvalue weighted by atomic mass is 9.95. The number of fused-ring (bicyclic) bond motifs is 2. The number of nitrogens with zero attached hydrogens (tertiary/aromatic N) is 3. The minimum Gasteiger partial charge on any atom is -0.372 e. The van der Waals surface area contributed by atoms with Gasteiger partial charge in [0.1, 0.15) is 13.1 Å². The highest BCUT2D eigenvalue weighted by molar-refractivity contribution is 7.21. The van der Waals surface area contributed by atoms with Crippen LogP contribution in [0.15, 0.2) is 60.7 Å². The van der Waals surface area contributed by atoms with E-state index in [1.807, 2.05) is 11.3 Å². The van der Waals surface area contributed by atoms with Gasteiger partial charge in [-0.1, -0.05) is 44.9 Å². The van der Waals surface area contributed by atoms with Crippen LogP contribution in [0.3, 0.4) is 0 Å². The maximum Gasteiger partial charge on any atom is 0.201 e. The van der Waals surface area contributed by atoms with E-state index in [9.17, 15) is 0 Å². The normalized spacial score (nSPS) is 11.3. The van der Waals surface area contributed by atoms with Crippen LogP contribution in [-0.4, -0.2) is 39.3 Å². The Morgan fingerprint density at radius 1 is 0.667 bits per heavy atom. The monoisotopic (exact) mass is 542 g/mol. The number of hydrogen-bond acceptors (Lipinski definition) is 3. The first-order chi connectivity index (χ1) is 19.1. The second kappa shape index (κ2) is 14.0. The summed E-state index contributed by atoms with van der Waals surface area (Å²) in [5, 5.41) is 2.66. The van der Waals surface area contributed by atoms with Crippen molar-refractivity contribution in [1.82, 2.24) is 4.58 Å². The first-order valence-corrected chi connectivity index (χ1v) is 16.1. The molecule has 1 aliphatic carbocycles. The van der Waals surface area contributed by atoms with Crippen molar-refractivity contribution in [3.63, 3.8) is 0 Å². The standard InChI is InChI=1S/C35H48N3S/c1-7-13-23-38(24-14-8-2)28-17-15-27(16-18-28)35-31-21-19-29(36(9-3)10-4)25-33(31)39-34-26-30(20-22-32(34)35)37(11-5)12-6/h15-22,25-26H,7-14,23-24H2,1-6H3/q+1. The highest BCUT2D eigenvalue weighted by atomic mass is 32.1. The van der Waals surface area contributed by atoms with Crippen LogP contribution in [0.4, 0.5) is 11.4 Å². The number of anilines is 2. The minimum atomic E-state index is 1.02. The summed E-state index contributed by atoms with van der Waals surface area (Å²) in [5.41, 5.74) is 6.67. The molecule has 0 fully saturated rings. The van der Waals surface area contributed by atoms with Gasteiger partial charge in [0.2, 0.25) is 5.36 Å². The van der Waals surface area contributed by atoms with E-state index in [1.54, 1.807) is 0 Å². The fraction of sp³-hybridized carbons (Fsp3) is 0.457. The Bertz CT molecular complexity index is 1370. The van der Waals surface area contributed by atoms with Crippen molar-refractivity contribution >= 4 is 32.8 Å². The third kappa shape index (κ3) is 6.49. The molecule has 1 aliphatic heterocycles. The number of hydrogen-bond donors (Lipinski definition) is 0. The molecule has 2 aliphatic rings. The van der Waals surface area contributed by atoms with Crippen molar-refractivity contribution in [2.75, 3.05) is 49.1 Å². The maximum absolute atomic E-state index is 2.58. The molecule has 4 rings (SSSR count). The zero-order valence-electron chi connectivity index (χ0n) is 25.1. The molecule has 3 nitrogen and oxygen atoms in total. The number of benzene rings is 3. The molecule has 0 radical (unpaired) electrons. The van der Waals surface area contributed by atoms with E-state index in [0.717, 1.165) is 39.3 Å². The van der Waals surface area contributed by atoms with Crippen LogP contribution in [0.2, 0.25) is 0 Å². The lowest BCUT2D eigenvalue weighted by Gasteiger charge is -2.25. The molecule has 208 valence electrons. The largest absolute Gasteiger partial charge is 0.372 e. The summed E-state index contributed by atoms with van der Waals surface area (Å²) in [6, 6.07) is 23.6. The van der Waals surface area contributed by atoms with Gasteiger partial charge in [-0.05, 0) is 82.0 Å². The Kier molecular flexibility index (Phi) is 10.4. The molecule has 0 saturated carbocycles. The summed E-state index contributed by atoms with van der Waals surface area (Å²) in [7, 11) is 0. The molecule has 0 unspecified atom stereocenters. The summed E-state index contributed by atoms with van der Waals surface area (Å²) < 4.78 is 3.80. The van der Waals surface area contributed by atoms with Crippen LogP contribution in [0.1, 0.15) is 67.2 Å². The van der Waals surface area contributed by atoms with Gasteiger partial charge in [-0.2, -0.15) is 0 Å². The van der Waals surface area contributed by atoms with Crippen LogP contribution in [0.25, 0.3) is 31.7 Å². The van der Waals surface area contributed by atoms with Crippen molar-refractivity contribution in [3.8, 4) is 21.6 Å². The Morgan fingerprint density at radius 3 is 1.90 bits per heavy atom. The van der Waals surface area contributed by atoms with Gasteiger partial charge < -0.3 is 9.80 Å². The van der Waals surface area contributed by atoms with Crippen molar-refractivity contribution in [2.24, 2.45) is 0 Å². The number of unbranched alkanes of at least 4 members (excludes halogenated alkanes) is 2. The Balaban J connectivity index is 1.90. The molecule has 4 heteroatoms. The molecule has 0 saturated heterocycles. The van der Waals surface area contributed by atoms with Gasteiger partial charge in [-0.3, -0.25) is 0 Å². The zero-order valence-corrected chi connectivity index (χ0v) is 25.9. The summed E-state index contributed by atoms with van der Waals surface area (Å²) in [6.45, 7) is 19.9.